The number of benzene rings is 1. The summed E-state index contributed by atoms with van der Waals surface area (Å²) in [6.45, 7) is 0.834. The molecule has 1 unspecified atom stereocenters. The molecule has 15 heavy (non-hydrogen) atoms. The van der Waals surface area contributed by atoms with Gasteiger partial charge in [-0.25, -0.2) is 0 Å². The molecule has 1 aliphatic heterocycles. The Morgan fingerprint density at radius 1 is 1.47 bits per heavy atom. The standard InChI is InChI=1S/C11H11BrINO/c12-10-5-2-6-14(11(10)15)9-4-1-3-8(13)7-9/h1,3-4,7,10H,2,5-6H2. The van der Waals surface area contributed by atoms with Gasteiger partial charge < -0.3 is 4.90 Å². The predicted octanol–water partition coefficient (Wildman–Crippen LogP) is 3.18. The van der Waals surface area contributed by atoms with Crippen LogP contribution in [0.3, 0.4) is 0 Å². The van der Waals surface area contributed by atoms with Gasteiger partial charge in [-0.15, -0.1) is 0 Å². The average molecular weight is 380 g/mol. The van der Waals surface area contributed by atoms with Crippen LogP contribution in [0.1, 0.15) is 12.8 Å². The lowest BCUT2D eigenvalue weighted by Gasteiger charge is -2.29. The Kier molecular flexibility index (Phi) is 3.66. The van der Waals surface area contributed by atoms with Crippen LogP contribution in [-0.4, -0.2) is 17.3 Å². The van der Waals surface area contributed by atoms with Crippen LogP contribution in [-0.2, 0) is 4.79 Å². The number of hydrogen-bond acceptors (Lipinski definition) is 1. The van der Waals surface area contributed by atoms with Crippen LogP contribution in [0, 0.1) is 3.57 Å². The van der Waals surface area contributed by atoms with Gasteiger partial charge in [-0.3, -0.25) is 4.79 Å². The number of amides is 1. The largest absolute Gasteiger partial charge is 0.311 e. The summed E-state index contributed by atoms with van der Waals surface area (Å²) < 4.78 is 1.16. The van der Waals surface area contributed by atoms with Crippen molar-refractivity contribution < 1.29 is 4.79 Å². The second-order valence-electron chi connectivity index (χ2n) is 3.58. The van der Waals surface area contributed by atoms with Gasteiger partial charge in [-0.2, -0.15) is 0 Å². The van der Waals surface area contributed by atoms with Gasteiger partial charge in [0.1, 0.15) is 0 Å². The van der Waals surface area contributed by atoms with E-state index in [1.807, 2.05) is 29.2 Å². The van der Waals surface area contributed by atoms with Crippen molar-refractivity contribution in [1.82, 2.24) is 0 Å². The molecule has 0 bridgehead atoms. The molecule has 2 nitrogen and oxygen atoms in total. The van der Waals surface area contributed by atoms with Crippen molar-refractivity contribution in [1.29, 1.82) is 0 Å². The summed E-state index contributed by atoms with van der Waals surface area (Å²) in [7, 11) is 0. The van der Waals surface area contributed by atoms with E-state index in [1.165, 1.54) is 0 Å². The van der Waals surface area contributed by atoms with Crippen molar-refractivity contribution in [2.24, 2.45) is 0 Å². The minimum atomic E-state index is -0.0101. The predicted molar refractivity (Wildman–Crippen MR) is 73.5 cm³/mol. The van der Waals surface area contributed by atoms with Crippen molar-refractivity contribution in [3.8, 4) is 0 Å². The number of carbonyl (C=O) groups is 1. The van der Waals surface area contributed by atoms with Crippen LogP contribution in [0.2, 0.25) is 0 Å². The zero-order valence-corrected chi connectivity index (χ0v) is 11.9. The highest BCUT2D eigenvalue weighted by Gasteiger charge is 2.27. The first-order chi connectivity index (χ1) is 7.18. The Bertz CT molecular complexity index is 383. The maximum atomic E-state index is 11.9. The summed E-state index contributed by atoms with van der Waals surface area (Å²) >= 11 is 5.68. The Labute approximate surface area is 111 Å². The molecule has 0 N–H and O–H groups in total. The first-order valence-corrected chi connectivity index (χ1v) is 6.89. The molecule has 0 saturated carbocycles. The Hall–Kier alpha value is -0.100. The Morgan fingerprint density at radius 2 is 2.27 bits per heavy atom. The van der Waals surface area contributed by atoms with E-state index in [0.29, 0.717) is 0 Å². The fourth-order valence-corrected chi connectivity index (χ4v) is 2.83. The first-order valence-electron chi connectivity index (χ1n) is 4.89. The quantitative estimate of drug-likeness (QED) is 0.542. The van der Waals surface area contributed by atoms with Crippen LogP contribution >= 0.6 is 38.5 Å². The molecular formula is C11H11BrINO. The minimum Gasteiger partial charge on any atom is -0.311 e. The van der Waals surface area contributed by atoms with Gasteiger partial charge in [-0.1, -0.05) is 22.0 Å². The molecule has 0 radical (unpaired) electrons. The van der Waals surface area contributed by atoms with Crippen LogP contribution < -0.4 is 4.90 Å². The third-order valence-corrected chi connectivity index (χ3v) is 4.01. The summed E-state index contributed by atoms with van der Waals surface area (Å²) in [5, 5.41) is 0. The van der Waals surface area contributed by atoms with Crippen molar-refractivity contribution in [2.45, 2.75) is 17.7 Å². The van der Waals surface area contributed by atoms with Crippen molar-refractivity contribution in [3.63, 3.8) is 0 Å². The van der Waals surface area contributed by atoms with Crippen LogP contribution in [0.25, 0.3) is 0 Å². The molecule has 4 heteroatoms. The summed E-state index contributed by atoms with van der Waals surface area (Å²) in [6, 6.07) is 8.06. The highest BCUT2D eigenvalue weighted by molar-refractivity contribution is 14.1. The third kappa shape index (κ3) is 2.53. The number of anilines is 1. The van der Waals surface area contributed by atoms with E-state index >= 15 is 0 Å². The maximum Gasteiger partial charge on any atom is 0.240 e. The number of carbonyl (C=O) groups excluding carboxylic acids is 1. The first kappa shape index (κ1) is 11.4. The van der Waals surface area contributed by atoms with E-state index < -0.39 is 0 Å². The normalized spacial score (nSPS) is 21.9. The van der Waals surface area contributed by atoms with E-state index in [-0.39, 0.29) is 10.7 Å². The third-order valence-electron chi connectivity index (χ3n) is 2.49. The monoisotopic (exact) mass is 379 g/mol. The molecule has 1 amide bonds. The minimum absolute atomic E-state index is 0.0101. The fraction of sp³-hybridized carbons (Fsp3) is 0.364. The van der Waals surface area contributed by atoms with Crippen molar-refractivity contribution in [2.75, 3.05) is 11.4 Å². The molecule has 1 heterocycles. The number of rotatable bonds is 1. The van der Waals surface area contributed by atoms with E-state index in [9.17, 15) is 4.79 Å². The zero-order valence-electron chi connectivity index (χ0n) is 8.12. The van der Waals surface area contributed by atoms with Crippen LogP contribution in [0.15, 0.2) is 24.3 Å². The molecule has 2 rings (SSSR count). The molecule has 80 valence electrons. The highest BCUT2D eigenvalue weighted by atomic mass is 127. The smallest absolute Gasteiger partial charge is 0.240 e. The fourth-order valence-electron chi connectivity index (χ4n) is 1.73. The lowest BCUT2D eigenvalue weighted by molar-refractivity contribution is -0.118. The van der Waals surface area contributed by atoms with Gasteiger partial charge >= 0.3 is 0 Å². The lowest BCUT2D eigenvalue weighted by Crippen LogP contribution is -2.41. The number of halogens is 2. The maximum absolute atomic E-state index is 11.9. The van der Waals surface area contributed by atoms with E-state index in [2.05, 4.69) is 38.5 Å². The Morgan fingerprint density at radius 3 is 3.00 bits per heavy atom. The summed E-state index contributed by atoms with van der Waals surface area (Å²) in [5.41, 5.74) is 1.01. The van der Waals surface area contributed by atoms with E-state index in [1.54, 1.807) is 0 Å². The van der Waals surface area contributed by atoms with Gasteiger partial charge in [0.25, 0.3) is 0 Å². The summed E-state index contributed by atoms with van der Waals surface area (Å²) in [6.07, 6.45) is 2.01. The highest BCUT2D eigenvalue weighted by Crippen LogP contribution is 2.25. The zero-order chi connectivity index (χ0) is 10.8. The molecule has 1 aromatic rings. The lowest BCUT2D eigenvalue weighted by atomic mass is 10.1. The average Bonchev–Trinajstić information content (AvgIpc) is 2.22. The van der Waals surface area contributed by atoms with Crippen molar-refractivity contribution >= 4 is 50.1 Å². The second kappa shape index (κ2) is 4.82. The summed E-state index contributed by atoms with van der Waals surface area (Å²) in [4.78, 5) is 13.8. The van der Waals surface area contributed by atoms with Gasteiger partial charge in [0, 0.05) is 15.8 Å². The number of nitrogens with zero attached hydrogens (tertiary/aromatic N) is 1. The second-order valence-corrected chi connectivity index (χ2v) is 5.93. The van der Waals surface area contributed by atoms with Gasteiger partial charge in [0.2, 0.25) is 5.91 Å². The molecule has 1 aliphatic rings. The molecule has 0 spiro atoms. The van der Waals surface area contributed by atoms with Gasteiger partial charge in [0.15, 0.2) is 0 Å². The van der Waals surface area contributed by atoms with Crippen LogP contribution in [0.4, 0.5) is 5.69 Å². The van der Waals surface area contributed by atoms with Gasteiger partial charge in [-0.05, 0) is 53.6 Å². The number of hydrogen-bond donors (Lipinski definition) is 0. The number of piperidine rings is 1. The molecule has 1 saturated heterocycles. The SMILES string of the molecule is O=C1C(Br)CCCN1c1cccc(I)c1. The van der Waals surface area contributed by atoms with E-state index in [0.717, 1.165) is 28.6 Å². The molecule has 1 aromatic carbocycles. The number of alkyl halides is 1. The molecule has 1 atom stereocenters. The van der Waals surface area contributed by atoms with Crippen molar-refractivity contribution in [3.05, 3.63) is 27.8 Å². The molecule has 1 fully saturated rings. The molecular weight excluding hydrogens is 369 g/mol. The topological polar surface area (TPSA) is 20.3 Å². The molecule has 0 aromatic heterocycles. The van der Waals surface area contributed by atoms with Gasteiger partial charge in [0.05, 0.1) is 4.83 Å². The van der Waals surface area contributed by atoms with E-state index in [4.69, 9.17) is 0 Å². The summed E-state index contributed by atoms with van der Waals surface area (Å²) in [5.74, 6) is 0.184. The van der Waals surface area contributed by atoms with Crippen LogP contribution in [0.5, 0.6) is 0 Å². The Balaban J connectivity index is 2.26. The molecule has 0 aliphatic carbocycles.